The van der Waals surface area contributed by atoms with Gasteiger partial charge in [0.2, 0.25) is 5.91 Å². The molecule has 1 aromatic rings. The Morgan fingerprint density at radius 2 is 1.89 bits per heavy atom. The van der Waals surface area contributed by atoms with E-state index in [2.05, 4.69) is 35.0 Å². The van der Waals surface area contributed by atoms with Gasteiger partial charge in [-0.25, -0.2) is 0 Å². The molecule has 0 aromatic heterocycles. The van der Waals surface area contributed by atoms with Crippen LogP contribution in [-0.2, 0) is 11.2 Å². The van der Waals surface area contributed by atoms with Crippen LogP contribution < -0.4 is 5.73 Å². The fourth-order valence-electron chi connectivity index (χ4n) is 3.38. The molecule has 2 atom stereocenters. The molecule has 1 amide bonds. The van der Waals surface area contributed by atoms with Crippen molar-refractivity contribution in [2.45, 2.75) is 12.5 Å². The minimum atomic E-state index is -0.167. The number of nitrogens with zero attached hydrogens (tertiary/aromatic N) is 2. The summed E-state index contributed by atoms with van der Waals surface area (Å²) in [6.07, 6.45) is 0.794. The van der Waals surface area contributed by atoms with Gasteiger partial charge >= 0.3 is 0 Å². The van der Waals surface area contributed by atoms with Crippen LogP contribution in [0.5, 0.6) is 0 Å². The molecule has 2 unspecified atom stereocenters. The molecule has 19 heavy (non-hydrogen) atoms. The van der Waals surface area contributed by atoms with Crippen LogP contribution in [0.15, 0.2) is 24.3 Å². The minimum Gasteiger partial charge on any atom is -0.369 e. The summed E-state index contributed by atoms with van der Waals surface area (Å²) in [6.45, 7) is 4.15. The third kappa shape index (κ3) is 2.26. The summed E-state index contributed by atoms with van der Waals surface area (Å²) < 4.78 is 0. The molecule has 1 aliphatic heterocycles. The molecule has 1 aliphatic carbocycles. The zero-order chi connectivity index (χ0) is 13.4. The second-order valence-corrected chi connectivity index (χ2v) is 5.70. The number of carbonyl (C=O) groups excluding carboxylic acids is 1. The molecular weight excluding hydrogens is 238 g/mol. The lowest BCUT2D eigenvalue weighted by Gasteiger charge is -2.38. The normalized spacial score (nSPS) is 28.3. The maximum Gasteiger partial charge on any atom is 0.222 e. The minimum absolute atomic E-state index is 0.0687. The average molecular weight is 259 g/mol. The monoisotopic (exact) mass is 259 g/mol. The lowest BCUT2D eigenvalue weighted by Crippen LogP contribution is -2.48. The first kappa shape index (κ1) is 12.6. The molecule has 0 bridgehead atoms. The molecule has 4 heteroatoms. The fraction of sp³-hybridized carbons (Fsp3) is 0.533. The number of carbonyl (C=O) groups is 1. The lowest BCUT2D eigenvalue weighted by atomic mass is 9.97. The summed E-state index contributed by atoms with van der Waals surface area (Å²) in [5, 5.41) is 0. The van der Waals surface area contributed by atoms with Crippen molar-refractivity contribution in [3.63, 3.8) is 0 Å². The molecule has 102 valence electrons. The van der Waals surface area contributed by atoms with Crippen LogP contribution in [0.3, 0.4) is 0 Å². The topological polar surface area (TPSA) is 49.6 Å². The highest BCUT2D eigenvalue weighted by Crippen LogP contribution is 2.40. The van der Waals surface area contributed by atoms with Crippen molar-refractivity contribution in [3.05, 3.63) is 35.4 Å². The third-order valence-corrected chi connectivity index (χ3v) is 4.49. The van der Waals surface area contributed by atoms with Crippen molar-refractivity contribution >= 4 is 5.91 Å². The number of hydrogen-bond donors (Lipinski definition) is 1. The number of likely N-dealkylation sites (N-methyl/N-ethyl adjacent to an activating group) is 1. The van der Waals surface area contributed by atoms with Gasteiger partial charge in [-0.15, -0.1) is 0 Å². The van der Waals surface area contributed by atoms with E-state index >= 15 is 0 Å². The fourth-order valence-corrected chi connectivity index (χ4v) is 3.38. The average Bonchev–Trinajstić information content (AvgIpc) is 2.79. The molecular formula is C15H21N3O. The maximum absolute atomic E-state index is 11.8. The van der Waals surface area contributed by atoms with Crippen LogP contribution >= 0.6 is 0 Å². The number of nitrogens with two attached hydrogens (primary N) is 1. The summed E-state index contributed by atoms with van der Waals surface area (Å²) in [5.41, 5.74) is 8.21. The Bertz CT molecular complexity index is 480. The number of amides is 1. The Hall–Kier alpha value is -1.39. The van der Waals surface area contributed by atoms with E-state index in [4.69, 9.17) is 5.73 Å². The second kappa shape index (κ2) is 4.94. The Kier molecular flexibility index (Phi) is 3.29. The Labute approximate surface area is 114 Å². The highest BCUT2D eigenvalue weighted by atomic mass is 16.1. The van der Waals surface area contributed by atoms with Crippen molar-refractivity contribution in [1.82, 2.24) is 9.80 Å². The Balaban J connectivity index is 1.89. The van der Waals surface area contributed by atoms with Crippen molar-refractivity contribution in [3.8, 4) is 0 Å². The molecule has 0 radical (unpaired) electrons. The highest BCUT2D eigenvalue weighted by molar-refractivity contribution is 5.79. The zero-order valence-corrected chi connectivity index (χ0v) is 11.4. The van der Waals surface area contributed by atoms with Gasteiger partial charge in [-0.3, -0.25) is 9.69 Å². The summed E-state index contributed by atoms with van der Waals surface area (Å²) in [7, 11) is 2.14. The Morgan fingerprint density at radius 3 is 2.58 bits per heavy atom. The summed E-state index contributed by atoms with van der Waals surface area (Å²) in [4.78, 5) is 16.5. The highest BCUT2D eigenvalue weighted by Gasteiger charge is 2.40. The molecule has 3 rings (SSSR count). The second-order valence-electron chi connectivity index (χ2n) is 5.70. The SMILES string of the molecule is CN1CCN(C2c3ccccc3CC2C(N)=O)CC1. The van der Waals surface area contributed by atoms with Crippen molar-refractivity contribution in [1.29, 1.82) is 0 Å². The first-order valence-electron chi connectivity index (χ1n) is 6.96. The van der Waals surface area contributed by atoms with Crippen LogP contribution in [0.2, 0.25) is 0 Å². The quantitative estimate of drug-likeness (QED) is 0.847. The van der Waals surface area contributed by atoms with Gasteiger partial charge in [-0.2, -0.15) is 0 Å². The van der Waals surface area contributed by atoms with E-state index in [-0.39, 0.29) is 17.9 Å². The van der Waals surface area contributed by atoms with Crippen LogP contribution in [0.4, 0.5) is 0 Å². The lowest BCUT2D eigenvalue weighted by molar-refractivity contribution is -0.124. The molecule has 1 heterocycles. The summed E-state index contributed by atoms with van der Waals surface area (Å²) >= 11 is 0. The van der Waals surface area contributed by atoms with Gasteiger partial charge in [-0.1, -0.05) is 24.3 Å². The van der Waals surface area contributed by atoms with Crippen LogP contribution in [0.1, 0.15) is 17.2 Å². The number of primary amides is 1. The Morgan fingerprint density at radius 1 is 1.21 bits per heavy atom. The van der Waals surface area contributed by atoms with Gasteiger partial charge in [0, 0.05) is 32.2 Å². The van der Waals surface area contributed by atoms with Crippen molar-refractivity contribution < 1.29 is 4.79 Å². The van der Waals surface area contributed by atoms with E-state index in [0.29, 0.717) is 0 Å². The molecule has 0 saturated carbocycles. The molecule has 2 aliphatic rings. The van der Waals surface area contributed by atoms with E-state index in [9.17, 15) is 4.79 Å². The van der Waals surface area contributed by atoms with Crippen molar-refractivity contribution in [2.24, 2.45) is 11.7 Å². The molecule has 1 saturated heterocycles. The molecule has 2 N–H and O–H groups in total. The predicted octanol–water partition coefficient (Wildman–Crippen LogP) is 0.633. The maximum atomic E-state index is 11.8. The molecule has 1 fully saturated rings. The smallest absolute Gasteiger partial charge is 0.222 e. The van der Waals surface area contributed by atoms with Crippen LogP contribution in [0.25, 0.3) is 0 Å². The first-order valence-corrected chi connectivity index (χ1v) is 6.96. The largest absolute Gasteiger partial charge is 0.369 e. The van der Waals surface area contributed by atoms with E-state index < -0.39 is 0 Å². The number of rotatable bonds is 2. The van der Waals surface area contributed by atoms with E-state index in [1.54, 1.807) is 0 Å². The number of fused-ring (bicyclic) bond motifs is 1. The summed E-state index contributed by atoms with van der Waals surface area (Å²) in [5.74, 6) is -0.235. The van der Waals surface area contributed by atoms with Gasteiger partial charge in [0.15, 0.2) is 0 Å². The van der Waals surface area contributed by atoms with Crippen LogP contribution in [0, 0.1) is 5.92 Å². The zero-order valence-electron chi connectivity index (χ0n) is 11.4. The van der Waals surface area contributed by atoms with Crippen LogP contribution in [-0.4, -0.2) is 48.9 Å². The third-order valence-electron chi connectivity index (χ3n) is 4.49. The van der Waals surface area contributed by atoms with Gasteiger partial charge in [0.05, 0.1) is 5.92 Å². The van der Waals surface area contributed by atoms with Gasteiger partial charge < -0.3 is 10.6 Å². The first-order chi connectivity index (χ1) is 9.16. The van der Waals surface area contributed by atoms with E-state index in [1.165, 1.54) is 11.1 Å². The van der Waals surface area contributed by atoms with E-state index in [1.807, 2.05) is 6.07 Å². The van der Waals surface area contributed by atoms with Gasteiger partial charge in [0.25, 0.3) is 0 Å². The number of benzene rings is 1. The molecule has 1 aromatic carbocycles. The molecule has 4 nitrogen and oxygen atoms in total. The van der Waals surface area contributed by atoms with Crippen molar-refractivity contribution in [2.75, 3.05) is 33.2 Å². The predicted molar refractivity (Wildman–Crippen MR) is 74.6 cm³/mol. The van der Waals surface area contributed by atoms with Gasteiger partial charge in [-0.05, 0) is 24.6 Å². The number of hydrogen-bond acceptors (Lipinski definition) is 3. The standard InChI is InChI=1S/C15H21N3O/c1-17-6-8-18(9-7-17)14-12-5-3-2-4-11(12)10-13(14)15(16)19/h2-5,13-14H,6-10H2,1H3,(H2,16,19). The number of piperazine rings is 1. The van der Waals surface area contributed by atoms with Gasteiger partial charge in [0.1, 0.15) is 0 Å². The summed E-state index contributed by atoms with van der Waals surface area (Å²) in [6, 6.07) is 8.57. The van der Waals surface area contributed by atoms with E-state index in [0.717, 1.165) is 32.6 Å². The molecule has 0 spiro atoms.